The molecule has 0 aliphatic carbocycles. The predicted molar refractivity (Wildman–Crippen MR) is 106 cm³/mol. The van der Waals surface area contributed by atoms with Gasteiger partial charge in [0.25, 0.3) is 0 Å². The molecule has 2 amide bonds. The van der Waals surface area contributed by atoms with Crippen LogP contribution in [0.3, 0.4) is 0 Å². The quantitative estimate of drug-likeness (QED) is 0.817. The van der Waals surface area contributed by atoms with E-state index in [2.05, 4.69) is 34.5 Å². The minimum absolute atomic E-state index is 0.00224. The van der Waals surface area contributed by atoms with E-state index in [0.29, 0.717) is 25.9 Å². The number of benzene rings is 2. The van der Waals surface area contributed by atoms with Crippen LogP contribution in [0, 0.1) is 0 Å². The lowest BCUT2D eigenvalue weighted by Crippen LogP contribution is -2.50. The molecule has 5 nitrogen and oxygen atoms in total. The van der Waals surface area contributed by atoms with Crippen molar-refractivity contribution in [2.24, 2.45) is 0 Å². The van der Waals surface area contributed by atoms with Crippen LogP contribution in [0.4, 0.5) is 0 Å². The highest BCUT2D eigenvalue weighted by Gasteiger charge is 2.21. The van der Waals surface area contributed by atoms with E-state index in [1.54, 1.807) is 0 Å². The monoisotopic (exact) mass is 365 g/mol. The van der Waals surface area contributed by atoms with E-state index in [0.717, 1.165) is 25.2 Å². The third-order valence-corrected chi connectivity index (χ3v) is 4.89. The van der Waals surface area contributed by atoms with Crippen molar-refractivity contribution in [3.63, 3.8) is 0 Å². The maximum Gasteiger partial charge on any atom is 0.242 e. The molecular weight excluding hydrogens is 338 g/mol. The van der Waals surface area contributed by atoms with Gasteiger partial charge in [-0.25, -0.2) is 0 Å². The van der Waals surface area contributed by atoms with E-state index in [1.165, 1.54) is 5.56 Å². The summed E-state index contributed by atoms with van der Waals surface area (Å²) in [5.41, 5.74) is 2.43. The fourth-order valence-corrected chi connectivity index (χ4v) is 3.27. The number of piperazine rings is 1. The van der Waals surface area contributed by atoms with Gasteiger partial charge < -0.3 is 10.2 Å². The standard InChI is InChI=1S/C22H27N3O2/c26-21(12-11-19-7-3-1-4-8-19)23-17-22(27)25-15-13-24(14-16-25)18-20-9-5-2-6-10-20/h1-10H,11-18H2,(H,23,26). The summed E-state index contributed by atoms with van der Waals surface area (Å²) >= 11 is 0. The molecule has 27 heavy (non-hydrogen) atoms. The van der Waals surface area contributed by atoms with Gasteiger partial charge in [-0.3, -0.25) is 14.5 Å². The Hall–Kier alpha value is -2.66. The van der Waals surface area contributed by atoms with Crippen molar-refractivity contribution in [1.29, 1.82) is 0 Å². The van der Waals surface area contributed by atoms with Gasteiger partial charge in [0.1, 0.15) is 0 Å². The second-order valence-electron chi connectivity index (χ2n) is 6.90. The largest absolute Gasteiger partial charge is 0.347 e. The van der Waals surface area contributed by atoms with Crippen molar-refractivity contribution < 1.29 is 9.59 Å². The van der Waals surface area contributed by atoms with E-state index in [1.807, 2.05) is 41.3 Å². The molecule has 1 fully saturated rings. The average Bonchev–Trinajstić information content (AvgIpc) is 2.72. The number of hydrogen-bond donors (Lipinski definition) is 1. The SMILES string of the molecule is O=C(CCc1ccccc1)NCC(=O)N1CCN(Cc2ccccc2)CC1. The smallest absolute Gasteiger partial charge is 0.242 e. The Morgan fingerprint density at radius 1 is 0.815 bits per heavy atom. The molecule has 1 saturated heterocycles. The molecular formula is C22H27N3O2. The van der Waals surface area contributed by atoms with Crippen LogP contribution < -0.4 is 5.32 Å². The van der Waals surface area contributed by atoms with Gasteiger partial charge in [-0.1, -0.05) is 60.7 Å². The fourth-order valence-electron chi connectivity index (χ4n) is 3.27. The van der Waals surface area contributed by atoms with Crippen LogP contribution in [0.1, 0.15) is 17.5 Å². The number of nitrogens with zero attached hydrogens (tertiary/aromatic N) is 2. The molecule has 1 heterocycles. The number of carbonyl (C=O) groups excluding carboxylic acids is 2. The van der Waals surface area contributed by atoms with Crippen LogP contribution in [0.15, 0.2) is 60.7 Å². The van der Waals surface area contributed by atoms with E-state index < -0.39 is 0 Å². The molecule has 2 aromatic rings. The average molecular weight is 365 g/mol. The van der Waals surface area contributed by atoms with Gasteiger partial charge in [0.05, 0.1) is 6.54 Å². The molecule has 0 bridgehead atoms. The van der Waals surface area contributed by atoms with Crippen LogP contribution in [0.2, 0.25) is 0 Å². The van der Waals surface area contributed by atoms with E-state index in [-0.39, 0.29) is 18.4 Å². The Bertz CT molecular complexity index is 726. The summed E-state index contributed by atoms with van der Waals surface area (Å²) in [5, 5.41) is 2.76. The third-order valence-electron chi connectivity index (χ3n) is 4.89. The molecule has 2 aromatic carbocycles. The van der Waals surface area contributed by atoms with E-state index in [9.17, 15) is 9.59 Å². The van der Waals surface area contributed by atoms with Crippen LogP contribution >= 0.6 is 0 Å². The highest BCUT2D eigenvalue weighted by molar-refractivity contribution is 5.84. The molecule has 1 aliphatic rings. The van der Waals surface area contributed by atoms with Gasteiger partial charge in [0.2, 0.25) is 11.8 Å². The van der Waals surface area contributed by atoms with Crippen molar-refractivity contribution in [2.45, 2.75) is 19.4 Å². The second kappa shape index (κ2) is 9.88. The van der Waals surface area contributed by atoms with Crippen LogP contribution in [0.25, 0.3) is 0 Å². The lowest BCUT2D eigenvalue weighted by Gasteiger charge is -2.34. The number of hydrogen-bond acceptors (Lipinski definition) is 3. The van der Waals surface area contributed by atoms with Crippen LogP contribution in [-0.4, -0.2) is 54.3 Å². The number of nitrogens with one attached hydrogen (secondary N) is 1. The number of carbonyl (C=O) groups is 2. The summed E-state index contributed by atoms with van der Waals surface area (Å²) in [4.78, 5) is 28.5. The van der Waals surface area contributed by atoms with E-state index >= 15 is 0 Å². The van der Waals surface area contributed by atoms with Crippen molar-refractivity contribution >= 4 is 11.8 Å². The summed E-state index contributed by atoms with van der Waals surface area (Å²) in [6.45, 7) is 4.16. The highest BCUT2D eigenvalue weighted by Crippen LogP contribution is 2.08. The summed E-state index contributed by atoms with van der Waals surface area (Å²) in [5.74, 6) is -0.0719. The first-order chi connectivity index (χ1) is 13.2. The lowest BCUT2D eigenvalue weighted by molar-refractivity contribution is -0.134. The zero-order chi connectivity index (χ0) is 18.9. The number of rotatable bonds is 7. The van der Waals surface area contributed by atoms with Gasteiger partial charge in [0, 0.05) is 39.1 Å². The Labute approximate surface area is 161 Å². The van der Waals surface area contributed by atoms with Crippen molar-refractivity contribution in [3.05, 3.63) is 71.8 Å². The molecule has 0 radical (unpaired) electrons. The Balaban J connectivity index is 1.34. The van der Waals surface area contributed by atoms with Gasteiger partial charge in [-0.05, 0) is 17.5 Å². The topological polar surface area (TPSA) is 52.7 Å². The van der Waals surface area contributed by atoms with Gasteiger partial charge in [0.15, 0.2) is 0 Å². The fraction of sp³-hybridized carbons (Fsp3) is 0.364. The lowest BCUT2D eigenvalue weighted by atomic mass is 10.1. The van der Waals surface area contributed by atoms with Crippen LogP contribution in [-0.2, 0) is 22.6 Å². The summed E-state index contributed by atoms with van der Waals surface area (Å²) in [6, 6.07) is 20.3. The molecule has 0 atom stereocenters. The molecule has 5 heteroatoms. The van der Waals surface area contributed by atoms with Crippen molar-refractivity contribution in [2.75, 3.05) is 32.7 Å². The molecule has 3 rings (SSSR count). The van der Waals surface area contributed by atoms with Crippen molar-refractivity contribution in [1.82, 2.24) is 15.1 Å². The number of amides is 2. The highest BCUT2D eigenvalue weighted by atomic mass is 16.2. The Morgan fingerprint density at radius 2 is 1.41 bits per heavy atom. The van der Waals surface area contributed by atoms with Crippen LogP contribution in [0.5, 0.6) is 0 Å². The number of aryl methyl sites for hydroxylation is 1. The second-order valence-corrected chi connectivity index (χ2v) is 6.90. The maximum atomic E-state index is 12.3. The molecule has 0 saturated carbocycles. The van der Waals surface area contributed by atoms with E-state index in [4.69, 9.17) is 0 Å². The Morgan fingerprint density at radius 3 is 2.04 bits per heavy atom. The minimum atomic E-state index is -0.0742. The molecule has 1 N–H and O–H groups in total. The maximum absolute atomic E-state index is 12.3. The summed E-state index contributed by atoms with van der Waals surface area (Å²) in [6.07, 6.45) is 1.10. The molecule has 0 spiro atoms. The predicted octanol–water partition coefficient (Wildman–Crippen LogP) is 2.08. The van der Waals surface area contributed by atoms with Crippen molar-refractivity contribution in [3.8, 4) is 0 Å². The normalized spacial score (nSPS) is 14.7. The third kappa shape index (κ3) is 6.22. The summed E-state index contributed by atoms with van der Waals surface area (Å²) < 4.78 is 0. The molecule has 1 aliphatic heterocycles. The summed E-state index contributed by atoms with van der Waals surface area (Å²) in [7, 11) is 0. The zero-order valence-corrected chi connectivity index (χ0v) is 15.6. The Kier molecular flexibility index (Phi) is 6.99. The van der Waals surface area contributed by atoms with Gasteiger partial charge in [-0.2, -0.15) is 0 Å². The van der Waals surface area contributed by atoms with Gasteiger partial charge >= 0.3 is 0 Å². The van der Waals surface area contributed by atoms with Gasteiger partial charge in [-0.15, -0.1) is 0 Å². The zero-order valence-electron chi connectivity index (χ0n) is 15.6. The first-order valence-electron chi connectivity index (χ1n) is 9.55. The first-order valence-corrected chi connectivity index (χ1v) is 9.55. The first kappa shape index (κ1) is 19.1. The molecule has 0 unspecified atom stereocenters. The minimum Gasteiger partial charge on any atom is -0.347 e. The molecule has 0 aromatic heterocycles. The molecule has 142 valence electrons.